The normalized spacial score (nSPS) is 13.2. The highest BCUT2D eigenvalue weighted by molar-refractivity contribution is 5.83. The summed E-state index contributed by atoms with van der Waals surface area (Å²) in [6.45, 7) is 0.0982. The maximum Gasteiger partial charge on any atom is 0.339 e. The lowest BCUT2D eigenvalue weighted by molar-refractivity contribution is -0.137. The van der Waals surface area contributed by atoms with Crippen molar-refractivity contribution in [2.24, 2.45) is 0 Å². The number of benzene rings is 1. The monoisotopic (exact) mass is 359 g/mol. The van der Waals surface area contributed by atoms with Crippen LogP contribution < -0.4 is 15.7 Å². The van der Waals surface area contributed by atoms with Crippen LogP contribution in [0, 0.1) is 0 Å². The van der Waals surface area contributed by atoms with E-state index in [0.717, 1.165) is 42.2 Å². The average molecular weight is 359 g/mol. The smallest absolute Gasteiger partial charge is 0.339 e. The quantitative estimate of drug-likeness (QED) is 0.579. The summed E-state index contributed by atoms with van der Waals surface area (Å²) >= 11 is 0. The predicted octanol–water partition coefficient (Wildman–Crippen LogP) is 2.03. The molecule has 3 rings (SSSR count). The van der Waals surface area contributed by atoms with E-state index in [4.69, 9.17) is 14.3 Å². The molecule has 7 heteroatoms. The fraction of sp³-hybridized carbons (Fsp3) is 0.421. The Morgan fingerprint density at radius 2 is 1.96 bits per heavy atom. The van der Waals surface area contributed by atoms with Crippen LogP contribution in [-0.2, 0) is 22.4 Å². The second kappa shape index (κ2) is 8.03. The van der Waals surface area contributed by atoms with Crippen molar-refractivity contribution in [1.82, 2.24) is 5.32 Å². The molecule has 1 aliphatic carbocycles. The van der Waals surface area contributed by atoms with Crippen molar-refractivity contribution in [3.05, 3.63) is 39.7 Å². The lowest BCUT2D eigenvalue weighted by atomic mass is 9.91. The number of aryl methyl sites for hydroxylation is 1. The molecule has 1 aromatic heterocycles. The van der Waals surface area contributed by atoms with Gasteiger partial charge in [-0.15, -0.1) is 0 Å². The maximum atomic E-state index is 12.1. The molecule has 0 saturated heterocycles. The second-order valence-corrected chi connectivity index (χ2v) is 6.35. The van der Waals surface area contributed by atoms with Crippen molar-refractivity contribution < 1.29 is 23.8 Å². The zero-order valence-corrected chi connectivity index (χ0v) is 14.4. The van der Waals surface area contributed by atoms with Crippen molar-refractivity contribution in [3.8, 4) is 5.75 Å². The van der Waals surface area contributed by atoms with E-state index in [1.165, 1.54) is 0 Å². The number of carboxylic acids is 1. The molecule has 7 nitrogen and oxygen atoms in total. The molecule has 0 unspecified atom stereocenters. The third-order valence-corrected chi connectivity index (χ3v) is 4.45. The molecule has 0 atom stereocenters. The Kier molecular flexibility index (Phi) is 5.55. The Morgan fingerprint density at radius 3 is 2.73 bits per heavy atom. The predicted molar refractivity (Wildman–Crippen MR) is 94.5 cm³/mol. The second-order valence-electron chi connectivity index (χ2n) is 6.35. The third kappa shape index (κ3) is 4.22. The van der Waals surface area contributed by atoms with Gasteiger partial charge in [-0.2, -0.15) is 0 Å². The van der Waals surface area contributed by atoms with Gasteiger partial charge in [-0.1, -0.05) is 0 Å². The maximum absolute atomic E-state index is 12.1. The van der Waals surface area contributed by atoms with E-state index in [1.54, 1.807) is 12.1 Å². The highest BCUT2D eigenvalue weighted by Gasteiger charge is 2.18. The highest BCUT2D eigenvalue weighted by Crippen LogP contribution is 2.28. The first-order chi connectivity index (χ1) is 12.5. The number of carboxylic acid groups (broad SMARTS) is 1. The highest BCUT2D eigenvalue weighted by atomic mass is 16.5. The van der Waals surface area contributed by atoms with Gasteiger partial charge < -0.3 is 19.6 Å². The van der Waals surface area contributed by atoms with Gasteiger partial charge in [-0.25, -0.2) is 4.79 Å². The number of fused-ring (bicyclic) bond motifs is 3. The topological polar surface area (TPSA) is 106 Å². The number of hydrogen-bond acceptors (Lipinski definition) is 5. The van der Waals surface area contributed by atoms with Crippen LogP contribution in [0.15, 0.2) is 27.4 Å². The van der Waals surface area contributed by atoms with E-state index in [1.807, 2.05) is 6.07 Å². The summed E-state index contributed by atoms with van der Waals surface area (Å²) in [5.74, 6) is -0.783. The average Bonchev–Trinajstić information content (AvgIpc) is 2.63. The van der Waals surface area contributed by atoms with Gasteiger partial charge in [0, 0.05) is 30.0 Å². The molecule has 0 radical (unpaired) electrons. The molecular weight excluding hydrogens is 338 g/mol. The van der Waals surface area contributed by atoms with Crippen molar-refractivity contribution in [2.45, 2.75) is 38.5 Å². The number of nitrogens with one attached hydrogen (secondary N) is 1. The lowest BCUT2D eigenvalue weighted by Crippen LogP contribution is -2.29. The molecule has 0 fully saturated rings. The van der Waals surface area contributed by atoms with E-state index in [2.05, 4.69) is 5.32 Å². The minimum Gasteiger partial charge on any atom is -0.484 e. The molecule has 1 aliphatic rings. The minimum atomic E-state index is -0.893. The molecule has 26 heavy (non-hydrogen) atoms. The van der Waals surface area contributed by atoms with Crippen LogP contribution in [0.1, 0.15) is 36.8 Å². The Hall–Kier alpha value is -2.83. The Balaban J connectivity index is 1.63. The molecule has 2 N–H and O–H groups in total. The van der Waals surface area contributed by atoms with Crippen LogP contribution in [0.3, 0.4) is 0 Å². The minimum absolute atomic E-state index is 0.00909. The molecular formula is C19H21NO6. The third-order valence-electron chi connectivity index (χ3n) is 4.45. The van der Waals surface area contributed by atoms with Gasteiger partial charge in [0.2, 0.25) is 0 Å². The van der Waals surface area contributed by atoms with Crippen LogP contribution in [0.2, 0.25) is 0 Å². The van der Waals surface area contributed by atoms with Crippen molar-refractivity contribution in [3.63, 3.8) is 0 Å². The molecule has 0 saturated carbocycles. The number of amides is 1. The molecule has 0 spiro atoms. The molecule has 2 aromatic rings. The molecule has 1 heterocycles. The van der Waals surface area contributed by atoms with E-state index < -0.39 is 5.97 Å². The Bertz CT molecular complexity index is 885. The molecule has 0 aliphatic heterocycles. The standard InChI is InChI=1S/C19H21NO6/c21-17(20-9-3-6-18(22)23)11-25-12-7-8-14-13-4-1-2-5-15(13)19(24)26-16(14)10-12/h7-8,10H,1-6,9,11H2,(H,20,21)(H,22,23). The largest absolute Gasteiger partial charge is 0.484 e. The molecule has 1 amide bonds. The van der Waals surface area contributed by atoms with E-state index in [0.29, 0.717) is 17.8 Å². The first-order valence-corrected chi connectivity index (χ1v) is 8.74. The van der Waals surface area contributed by atoms with Gasteiger partial charge in [0.15, 0.2) is 6.61 Å². The van der Waals surface area contributed by atoms with Crippen molar-refractivity contribution >= 4 is 22.8 Å². The number of ether oxygens (including phenoxy) is 1. The van der Waals surface area contributed by atoms with Gasteiger partial charge in [0.1, 0.15) is 11.3 Å². The number of carbonyl (C=O) groups is 2. The fourth-order valence-electron chi connectivity index (χ4n) is 3.18. The van der Waals surface area contributed by atoms with Gasteiger partial charge in [-0.05, 0) is 49.8 Å². The van der Waals surface area contributed by atoms with Gasteiger partial charge in [0.05, 0.1) is 0 Å². The first kappa shape index (κ1) is 18.0. The number of hydrogen-bond donors (Lipinski definition) is 2. The molecule has 0 bridgehead atoms. The summed E-state index contributed by atoms with van der Waals surface area (Å²) in [5.41, 5.74) is 2.01. The fourth-order valence-corrected chi connectivity index (χ4v) is 3.18. The van der Waals surface area contributed by atoms with Crippen molar-refractivity contribution in [2.75, 3.05) is 13.2 Å². The summed E-state index contributed by atoms with van der Waals surface area (Å²) in [4.78, 5) is 34.3. The summed E-state index contributed by atoms with van der Waals surface area (Å²) < 4.78 is 10.9. The summed E-state index contributed by atoms with van der Waals surface area (Å²) in [6, 6.07) is 5.25. The Morgan fingerprint density at radius 1 is 1.19 bits per heavy atom. The van der Waals surface area contributed by atoms with Crippen LogP contribution in [0.25, 0.3) is 11.0 Å². The van der Waals surface area contributed by atoms with Gasteiger partial charge in [-0.3, -0.25) is 9.59 Å². The van der Waals surface area contributed by atoms with Crippen LogP contribution in [0.5, 0.6) is 5.75 Å². The summed E-state index contributed by atoms with van der Waals surface area (Å²) in [5, 5.41) is 12.1. The summed E-state index contributed by atoms with van der Waals surface area (Å²) in [6.07, 6.45) is 4.07. The number of aliphatic carboxylic acids is 1. The molecule has 1 aromatic carbocycles. The Labute approximate surface area is 150 Å². The zero-order chi connectivity index (χ0) is 18.5. The zero-order valence-electron chi connectivity index (χ0n) is 14.4. The van der Waals surface area contributed by atoms with E-state index >= 15 is 0 Å². The first-order valence-electron chi connectivity index (χ1n) is 8.74. The van der Waals surface area contributed by atoms with Gasteiger partial charge in [0.25, 0.3) is 5.91 Å². The van der Waals surface area contributed by atoms with Crippen LogP contribution in [-0.4, -0.2) is 30.1 Å². The number of carbonyl (C=O) groups excluding carboxylic acids is 1. The van der Waals surface area contributed by atoms with E-state index in [9.17, 15) is 14.4 Å². The van der Waals surface area contributed by atoms with Crippen LogP contribution in [0.4, 0.5) is 0 Å². The molecule has 138 valence electrons. The van der Waals surface area contributed by atoms with Gasteiger partial charge >= 0.3 is 11.6 Å². The van der Waals surface area contributed by atoms with E-state index in [-0.39, 0.29) is 31.1 Å². The lowest BCUT2D eigenvalue weighted by Gasteiger charge is -2.16. The SMILES string of the molecule is O=C(O)CCCNC(=O)COc1ccc2c3c(c(=O)oc2c1)CCCC3. The number of rotatable bonds is 7. The summed E-state index contributed by atoms with van der Waals surface area (Å²) in [7, 11) is 0. The van der Waals surface area contributed by atoms with Crippen molar-refractivity contribution in [1.29, 1.82) is 0 Å². The van der Waals surface area contributed by atoms with Crippen LogP contribution >= 0.6 is 0 Å².